The quantitative estimate of drug-likeness (QED) is 0.653. The van der Waals surface area contributed by atoms with Gasteiger partial charge in [0.25, 0.3) is 5.91 Å². The van der Waals surface area contributed by atoms with Crippen molar-refractivity contribution >= 4 is 23.5 Å². The molecule has 0 unspecified atom stereocenters. The van der Waals surface area contributed by atoms with E-state index in [-0.39, 0.29) is 12.3 Å². The zero-order valence-electron chi connectivity index (χ0n) is 13.3. The Morgan fingerprint density at radius 3 is 2.38 bits per heavy atom. The first-order valence-electron chi connectivity index (χ1n) is 7.13. The molecule has 0 radical (unpaired) electrons. The molecule has 2 aromatic rings. The number of nitrogens with one attached hydrogen (secondary N) is 1. The van der Waals surface area contributed by atoms with Crippen LogP contribution in [0.4, 0.5) is 20.2 Å². The number of hydrogen-bond acceptors (Lipinski definition) is 4. The average molecular weight is 333 g/mol. The Morgan fingerprint density at radius 1 is 1.17 bits per heavy atom. The lowest BCUT2D eigenvalue weighted by atomic mass is 10.2. The molecule has 1 N–H and O–H groups in total. The first kappa shape index (κ1) is 17.4. The van der Waals surface area contributed by atoms with Crippen molar-refractivity contribution in [1.82, 2.24) is 0 Å². The van der Waals surface area contributed by atoms with Crippen LogP contribution in [0.3, 0.4) is 0 Å². The minimum atomic E-state index is -0.773. The van der Waals surface area contributed by atoms with Gasteiger partial charge in [-0.1, -0.05) is 17.3 Å². The third-order valence-electron chi connectivity index (χ3n) is 3.03. The molecule has 0 saturated heterocycles. The Hall–Kier alpha value is -2.96. The van der Waals surface area contributed by atoms with Gasteiger partial charge in [-0.2, -0.15) is 0 Å². The fourth-order valence-corrected chi connectivity index (χ4v) is 1.88. The van der Waals surface area contributed by atoms with Gasteiger partial charge in [-0.25, -0.2) is 8.78 Å². The first-order chi connectivity index (χ1) is 11.4. The minimum Gasteiger partial charge on any atom is -0.386 e. The highest BCUT2D eigenvalue weighted by Crippen LogP contribution is 2.13. The standard InChI is InChI=1S/C17H17F2N3O2/c1-22(2)16-5-3-12(4-6-16)10-20-24-11-17(23)21-15-8-13(18)7-14(19)9-15/h3-10H,11H2,1-2H3,(H,21,23)/b20-10+. The number of oxime groups is 1. The molecule has 0 aromatic heterocycles. The minimum absolute atomic E-state index is 0.0179. The summed E-state index contributed by atoms with van der Waals surface area (Å²) >= 11 is 0. The highest BCUT2D eigenvalue weighted by molar-refractivity contribution is 5.91. The largest absolute Gasteiger partial charge is 0.386 e. The summed E-state index contributed by atoms with van der Waals surface area (Å²) in [4.78, 5) is 18.4. The van der Waals surface area contributed by atoms with Gasteiger partial charge in [0.05, 0.1) is 6.21 Å². The number of nitrogens with zero attached hydrogens (tertiary/aromatic N) is 2. The normalized spacial score (nSPS) is 10.7. The van der Waals surface area contributed by atoms with Gasteiger partial charge in [-0.15, -0.1) is 0 Å². The molecule has 0 heterocycles. The van der Waals surface area contributed by atoms with Crippen LogP contribution < -0.4 is 10.2 Å². The molecule has 1 amide bonds. The average Bonchev–Trinajstić information content (AvgIpc) is 2.51. The molecule has 0 atom stereocenters. The fourth-order valence-electron chi connectivity index (χ4n) is 1.88. The summed E-state index contributed by atoms with van der Waals surface area (Å²) < 4.78 is 26.0. The molecule has 2 aromatic carbocycles. The molecule has 0 aliphatic rings. The zero-order valence-corrected chi connectivity index (χ0v) is 13.3. The SMILES string of the molecule is CN(C)c1ccc(/C=N/OCC(=O)Nc2cc(F)cc(F)c2)cc1. The molecule has 0 bridgehead atoms. The van der Waals surface area contributed by atoms with Crippen LogP contribution in [-0.4, -0.2) is 32.8 Å². The maximum atomic E-state index is 13.0. The topological polar surface area (TPSA) is 53.9 Å². The molecule has 0 fully saturated rings. The Labute approximate surface area is 138 Å². The monoisotopic (exact) mass is 333 g/mol. The summed E-state index contributed by atoms with van der Waals surface area (Å²) in [6.45, 7) is -0.371. The van der Waals surface area contributed by atoms with Gasteiger partial charge in [-0.05, 0) is 29.8 Å². The van der Waals surface area contributed by atoms with Crippen molar-refractivity contribution in [3.63, 3.8) is 0 Å². The molecule has 0 aliphatic heterocycles. The summed E-state index contributed by atoms with van der Waals surface area (Å²) in [5.74, 6) is -2.11. The molecule has 126 valence electrons. The lowest BCUT2D eigenvalue weighted by Crippen LogP contribution is -2.17. The zero-order chi connectivity index (χ0) is 17.5. The van der Waals surface area contributed by atoms with Crippen molar-refractivity contribution in [1.29, 1.82) is 0 Å². The third-order valence-corrected chi connectivity index (χ3v) is 3.03. The Bertz CT molecular complexity index is 711. The van der Waals surface area contributed by atoms with Crippen molar-refractivity contribution in [3.05, 3.63) is 59.7 Å². The molecule has 2 rings (SSSR count). The molecule has 0 spiro atoms. The number of benzene rings is 2. The second kappa shape index (κ2) is 8.05. The number of anilines is 2. The van der Waals surface area contributed by atoms with Gasteiger partial charge in [0.15, 0.2) is 6.61 Å². The van der Waals surface area contributed by atoms with Gasteiger partial charge in [0, 0.05) is 31.5 Å². The second-order valence-corrected chi connectivity index (χ2v) is 5.20. The Morgan fingerprint density at radius 2 is 1.79 bits per heavy atom. The highest BCUT2D eigenvalue weighted by Gasteiger charge is 2.05. The van der Waals surface area contributed by atoms with Gasteiger partial charge >= 0.3 is 0 Å². The van der Waals surface area contributed by atoms with Crippen molar-refractivity contribution in [2.45, 2.75) is 0 Å². The number of carbonyl (C=O) groups excluding carboxylic acids is 1. The first-order valence-corrected chi connectivity index (χ1v) is 7.13. The smallest absolute Gasteiger partial charge is 0.265 e. The van der Waals surface area contributed by atoms with E-state index in [1.54, 1.807) is 0 Å². The van der Waals surface area contributed by atoms with E-state index in [4.69, 9.17) is 4.84 Å². The lowest BCUT2D eigenvalue weighted by molar-refractivity contribution is -0.120. The van der Waals surface area contributed by atoms with Crippen LogP contribution in [0.5, 0.6) is 0 Å². The van der Waals surface area contributed by atoms with Gasteiger partial charge in [0.1, 0.15) is 11.6 Å². The van der Waals surface area contributed by atoms with E-state index in [0.29, 0.717) is 0 Å². The van der Waals surface area contributed by atoms with E-state index in [9.17, 15) is 13.6 Å². The lowest BCUT2D eigenvalue weighted by Gasteiger charge is -2.11. The number of hydrogen-bond donors (Lipinski definition) is 1. The predicted octanol–water partition coefficient (Wildman–Crippen LogP) is 3.02. The number of amides is 1. The van der Waals surface area contributed by atoms with Crippen molar-refractivity contribution < 1.29 is 18.4 Å². The molecule has 24 heavy (non-hydrogen) atoms. The second-order valence-electron chi connectivity index (χ2n) is 5.20. The summed E-state index contributed by atoms with van der Waals surface area (Å²) in [6, 6.07) is 10.3. The van der Waals surface area contributed by atoms with Crippen LogP contribution in [0.15, 0.2) is 47.6 Å². The predicted molar refractivity (Wildman–Crippen MR) is 89.3 cm³/mol. The Kier molecular flexibility index (Phi) is 5.83. The molecule has 0 aliphatic carbocycles. The van der Waals surface area contributed by atoms with E-state index in [1.807, 2.05) is 43.3 Å². The van der Waals surface area contributed by atoms with Crippen LogP contribution in [0.25, 0.3) is 0 Å². The Balaban J connectivity index is 1.81. The van der Waals surface area contributed by atoms with Crippen molar-refractivity contribution in [3.8, 4) is 0 Å². The third kappa shape index (κ3) is 5.35. The van der Waals surface area contributed by atoms with Gasteiger partial charge in [-0.3, -0.25) is 4.79 Å². The fraction of sp³-hybridized carbons (Fsp3) is 0.176. The van der Waals surface area contributed by atoms with Gasteiger partial charge in [0.2, 0.25) is 0 Å². The van der Waals surface area contributed by atoms with E-state index in [2.05, 4.69) is 10.5 Å². The van der Waals surface area contributed by atoms with Crippen molar-refractivity contribution in [2.75, 3.05) is 30.9 Å². The van der Waals surface area contributed by atoms with E-state index in [1.165, 1.54) is 6.21 Å². The number of rotatable bonds is 6. The highest BCUT2D eigenvalue weighted by atomic mass is 19.1. The van der Waals surface area contributed by atoms with Crippen LogP contribution in [-0.2, 0) is 9.63 Å². The maximum Gasteiger partial charge on any atom is 0.265 e. The number of carbonyl (C=O) groups is 1. The molecular formula is C17H17F2N3O2. The van der Waals surface area contributed by atoms with E-state index in [0.717, 1.165) is 29.4 Å². The van der Waals surface area contributed by atoms with Crippen LogP contribution >= 0.6 is 0 Å². The van der Waals surface area contributed by atoms with Crippen molar-refractivity contribution in [2.24, 2.45) is 5.16 Å². The summed E-state index contributed by atoms with van der Waals surface area (Å²) in [7, 11) is 3.88. The molecule has 0 saturated carbocycles. The number of halogens is 2. The summed E-state index contributed by atoms with van der Waals surface area (Å²) in [6.07, 6.45) is 1.47. The van der Waals surface area contributed by atoms with Crippen LogP contribution in [0.2, 0.25) is 0 Å². The maximum absolute atomic E-state index is 13.0. The summed E-state index contributed by atoms with van der Waals surface area (Å²) in [5, 5.41) is 6.00. The summed E-state index contributed by atoms with van der Waals surface area (Å²) in [5.41, 5.74) is 1.88. The molecular weight excluding hydrogens is 316 g/mol. The van der Waals surface area contributed by atoms with E-state index < -0.39 is 17.5 Å². The molecule has 7 heteroatoms. The van der Waals surface area contributed by atoms with Crippen LogP contribution in [0, 0.1) is 11.6 Å². The van der Waals surface area contributed by atoms with Crippen LogP contribution in [0.1, 0.15) is 5.56 Å². The van der Waals surface area contributed by atoms with Gasteiger partial charge < -0.3 is 15.1 Å². The van der Waals surface area contributed by atoms with E-state index >= 15 is 0 Å². The molecule has 5 nitrogen and oxygen atoms in total.